The molecule has 0 amide bonds. The molecule has 2 aromatic heterocycles. The van der Waals surface area contributed by atoms with Gasteiger partial charge in [0.25, 0.3) is 0 Å². The van der Waals surface area contributed by atoms with Crippen LogP contribution in [0.1, 0.15) is 12.1 Å². The van der Waals surface area contributed by atoms with Gasteiger partial charge in [-0.3, -0.25) is 0 Å². The maximum atomic E-state index is 13.3. The molecule has 0 aliphatic heterocycles. The molecule has 98 valence electrons. The number of benzene rings is 1. The van der Waals surface area contributed by atoms with Crippen molar-refractivity contribution in [1.29, 1.82) is 0 Å². The highest BCUT2D eigenvalue weighted by atomic mass is 19.1. The Hall–Kier alpha value is -2.74. The van der Waals surface area contributed by atoms with Crippen molar-refractivity contribution in [3.8, 4) is 11.8 Å². The molecule has 0 spiro atoms. The number of hydrogen-bond acceptors (Lipinski definition) is 3. The molecule has 0 bridgehead atoms. The average Bonchev–Trinajstić information content (AvgIpc) is 2.88. The predicted molar refractivity (Wildman–Crippen MR) is 73.2 cm³/mol. The van der Waals surface area contributed by atoms with Crippen molar-refractivity contribution in [2.45, 2.75) is 13.0 Å². The Morgan fingerprint density at radius 2 is 1.80 bits per heavy atom. The van der Waals surface area contributed by atoms with Crippen molar-refractivity contribution < 1.29 is 4.39 Å². The Bertz CT molecular complexity index is 765. The summed E-state index contributed by atoms with van der Waals surface area (Å²) in [5.74, 6) is 5.19. The van der Waals surface area contributed by atoms with Gasteiger partial charge in [-0.2, -0.15) is 15.0 Å². The first kappa shape index (κ1) is 12.3. The summed E-state index contributed by atoms with van der Waals surface area (Å²) in [6.45, 7) is 0.566. The number of pyridine rings is 1. The summed E-state index contributed by atoms with van der Waals surface area (Å²) in [4.78, 5) is 5.48. The zero-order chi connectivity index (χ0) is 13.8. The topological polar surface area (TPSA) is 43.6 Å². The molecule has 2 heterocycles. The van der Waals surface area contributed by atoms with Gasteiger partial charge in [-0.15, -0.1) is 0 Å². The maximum absolute atomic E-state index is 13.3. The van der Waals surface area contributed by atoms with Gasteiger partial charge in [-0.05, 0) is 30.2 Å². The van der Waals surface area contributed by atoms with Crippen molar-refractivity contribution >= 4 is 11.0 Å². The fraction of sp³-hybridized carbons (Fsp3) is 0.133. The second-order valence-corrected chi connectivity index (χ2v) is 4.17. The van der Waals surface area contributed by atoms with Crippen LogP contribution in [0.5, 0.6) is 0 Å². The van der Waals surface area contributed by atoms with Gasteiger partial charge in [0, 0.05) is 12.6 Å². The van der Waals surface area contributed by atoms with Gasteiger partial charge in [-0.25, -0.2) is 9.37 Å². The van der Waals surface area contributed by atoms with E-state index in [0.29, 0.717) is 13.0 Å². The van der Waals surface area contributed by atoms with Crippen LogP contribution in [-0.4, -0.2) is 20.0 Å². The molecule has 0 fully saturated rings. The highest BCUT2D eigenvalue weighted by Crippen LogP contribution is 2.07. The van der Waals surface area contributed by atoms with Crippen LogP contribution in [0, 0.1) is 17.7 Å². The lowest BCUT2D eigenvalue weighted by molar-refractivity contribution is 0.555. The third-order valence-electron chi connectivity index (χ3n) is 2.73. The fourth-order valence-corrected chi connectivity index (χ4v) is 1.78. The molecule has 0 unspecified atom stereocenters. The Labute approximate surface area is 115 Å². The van der Waals surface area contributed by atoms with E-state index in [1.807, 2.05) is 24.3 Å². The Kier molecular flexibility index (Phi) is 3.38. The van der Waals surface area contributed by atoms with Crippen LogP contribution >= 0.6 is 0 Å². The standard InChI is InChI=1S/C15H11FN4/c16-12-6-5-10-17-13(12)7-3-4-11-20-18-14-8-1-2-9-15(14)19-20/h1-2,5-6,8-10H,4,11H2. The van der Waals surface area contributed by atoms with E-state index in [-0.39, 0.29) is 5.69 Å². The minimum atomic E-state index is -0.400. The SMILES string of the molecule is Fc1cccnc1C#CCCn1nc2ccccc2n1. The van der Waals surface area contributed by atoms with Gasteiger partial charge >= 0.3 is 0 Å². The third kappa shape index (κ3) is 2.64. The number of aryl methyl sites for hydroxylation is 1. The van der Waals surface area contributed by atoms with Crippen LogP contribution in [-0.2, 0) is 6.54 Å². The second kappa shape index (κ2) is 5.49. The molecule has 3 aromatic rings. The number of fused-ring (bicyclic) bond motifs is 1. The summed E-state index contributed by atoms with van der Waals surface area (Å²) in [7, 11) is 0. The maximum Gasteiger partial charge on any atom is 0.157 e. The Balaban J connectivity index is 1.67. The Morgan fingerprint density at radius 1 is 1.05 bits per heavy atom. The van der Waals surface area contributed by atoms with Crippen molar-refractivity contribution in [1.82, 2.24) is 20.0 Å². The first-order valence-corrected chi connectivity index (χ1v) is 6.22. The molecule has 4 nitrogen and oxygen atoms in total. The molecule has 1 aromatic carbocycles. The minimum absolute atomic E-state index is 0.172. The van der Waals surface area contributed by atoms with Gasteiger partial charge in [0.15, 0.2) is 5.82 Å². The van der Waals surface area contributed by atoms with Crippen molar-refractivity contribution in [3.05, 3.63) is 54.1 Å². The number of aromatic nitrogens is 4. The van der Waals surface area contributed by atoms with Gasteiger partial charge < -0.3 is 0 Å². The Morgan fingerprint density at radius 3 is 2.50 bits per heavy atom. The van der Waals surface area contributed by atoms with Crippen molar-refractivity contribution in [2.24, 2.45) is 0 Å². The number of hydrogen-bond donors (Lipinski definition) is 0. The van der Waals surface area contributed by atoms with Gasteiger partial charge in [0.1, 0.15) is 16.7 Å². The molecule has 0 aliphatic rings. The normalized spacial score (nSPS) is 10.2. The summed E-state index contributed by atoms with van der Waals surface area (Å²) in [6, 6.07) is 10.6. The van der Waals surface area contributed by atoms with E-state index >= 15 is 0 Å². The minimum Gasteiger partial charge on any atom is -0.245 e. The summed E-state index contributed by atoms with van der Waals surface area (Å²) in [5, 5.41) is 8.65. The average molecular weight is 266 g/mol. The van der Waals surface area contributed by atoms with E-state index in [1.165, 1.54) is 12.3 Å². The van der Waals surface area contributed by atoms with Crippen molar-refractivity contribution in [3.63, 3.8) is 0 Å². The van der Waals surface area contributed by atoms with E-state index in [0.717, 1.165) is 11.0 Å². The molecular weight excluding hydrogens is 255 g/mol. The number of halogens is 1. The molecule has 0 radical (unpaired) electrons. The number of nitrogens with zero attached hydrogens (tertiary/aromatic N) is 4. The van der Waals surface area contributed by atoms with Gasteiger partial charge in [0.2, 0.25) is 0 Å². The molecule has 0 saturated carbocycles. The second-order valence-electron chi connectivity index (χ2n) is 4.17. The lowest BCUT2D eigenvalue weighted by Gasteiger charge is -1.93. The van der Waals surface area contributed by atoms with Crippen molar-refractivity contribution in [2.75, 3.05) is 0 Å². The van der Waals surface area contributed by atoms with Crippen LogP contribution in [0.2, 0.25) is 0 Å². The fourth-order valence-electron chi connectivity index (χ4n) is 1.78. The van der Waals surface area contributed by atoms with Crippen LogP contribution in [0.15, 0.2) is 42.6 Å². The molecular formula is C15H11FN4. The van der Waals surface area contributed by atoms with Gasteiger partial charge in [0.05, 0.1) is 6.54 Å². The number of rotatable bonds is 2. The summed E-state index contributed by atoms with van der Waals surface area (Å²) < 4.78 is 13.3. The monoisotopic (exact) mass is 266 g/mol. The molecule has 5 heteroatoms. The smallest absolute Gasteiger partial charge is 0.157 e. The lowest BCUT2D eigenvalue weighted by atomic mass is 10.3. The van der Waals surface area contributed by atoms with E-state index in [1.54, 1.807) is 10.9 Å². The van der Waals surface area contributed by atoms with Crippen LogP contribution in [0.4, 0.5) is 4.39 Å². The lowest BCUT2D eigenvalue weighted by Crippen LogP contribution is -2.01. The van der Waals surface area contributed by atoms with Crippen LogP contribution in [0.25, 0.3) is 11.0 Å². The summed E-state index contributed by atoms with van der Waals surface area (Å²) in [6.07, 6.45) is 2.06. The van der Waals surface area contributed by atoms with E-state index in [9.17, 15) is 4.39 Å². The molecule has 0 N–H and O–H groups in total. The van der Waals surface area contributed by atoms with Crippen LogP contribution in [0.3, 0.4) is 0 Å². The first-order valence-electron chi connectivity index (χ1n) is 6.22. The van der Waals surface area contributed by atoms with Crippen LogP contribution < -0.4 is 0 Å². The molecule has 0 saturated heterocycles. The largest absolute Gasteiger partial charge is 0.245 e. The summed E-state index contributed by atoms with van der Waals surface area (Å²) in [5.41, 5.74) is 1.89. The third-order valence-corrected chi connectivity index (χ3v) is 2.73. The van der Waals surface area contributed by atoms with E-state index in [2.05, 4.69) is 27.0 Å². The molecule has 0 aliphatic carbocycles. The first-order chi connectivity index (χ1) is 9.83. The zero-order valence-electron chi connectivity index (χ0n) is 10.6. The molecule has 0 atom stereocenters. The quantitative estimate of drug-likeness (QED) is 0.669. The van der Waals surface area contributed by atoms with E-state index in [4.69, 9.17) is 0 Å². The highest BCUT2D eigenvalue weighted by Gasteiger charge is 2.00. The van der Waals surface area contributed by atoms with Gasteiger partial charge in [-0.1, -0.05) is 18.1 Å². The molecule has 20 heavy (non-hydrogen) atoms. The zero-order valence-corrected chi connectivity index (χ0v) is 10.6. The van der Waals surface area contributed by atoms with E-state index < -0.39 is 5.82 Å². The summed E-state index contributed by atoms with van der Waals surface area (Å²) >= 11 is 0. The predicted octanol–water partition coefficient (Wildman–Crippen LogP) is 2.41. The highest BCUT2D eigenvalue weighted by molar-refractivity contribution is 5.72. The molecule has 3 rings (SSSR count).